The highest BCUT2D eigenvalue weighted by molar-refractivity contribution is 7.13. The van der Waals surface area contributed by atoms with Crippen molar-refractivity contribution < 1.29 is 9.59 Å². The van der Waals surface area contributed by atoms with E-state index >= 15 is 0 Å². The molecule has 1 saturated heterocycles. The monoisotopic (exact) mass is 407 g/mol. The van der Waals surface area contributed by atoms with Crippen molar-refractivity contribution in [2.45, 2.75) is 38.6 Å². The minimum atomic E-state index is -0.314. The Labute approximate surface area is 167 Å². The summed E-state index contributed by atoms with van der Waals surface area (Å²) >= 11 is 7.21. The second kappa shape index (κ2) is 8.67. The highest BCUT2D eigenvalue weighted by Crippen LogP contribution is 2.29. The smallest absolute Gasteiger partial charge is 0.317 e. The number of likely N-dealkylation sites (tertiary alicyclic amines) is 1. The van der Waals surface area contributed by atoms with E-state index < -0.39 is 0 Å². The summed E-state index contributed by atoms with van der Waals surface area (Å²) in [6.07, 6.45) is 1.83. The van der Waals surface area contributed by atoms with Crippen LogP contribution in [0, 0.1) is 0 Å². The zero-order chi connectivity index (χ0) is 19.4. The van der Waals surface area contributed by atoms with Crippen LogP contribution in [-0.2, 0) is 0 Å². The fourth-order valence-corrected chi connectivity index (χ4v) is 4.00. The van der Waals surface area contributed by atoms with Gasteiger partial charge in [-0.15, -0.1) is 10.2 Å². The van der Waals surface area contributed by atoms with Crippen molar-refractivity contribution in [2.75, 3.05) is 18.4 Å². The Balaban J connectivity index is 1.64. The van der Waals surface area contributed by atoms with Gasteiger partial charge in [0.15, 0.2) is 0 Å². The van der Waals surface area contributed by atoms with Crippen LogP contribution in [0.25, 0.3) is 0 Å². The summed E-state index contributed by atoms with van der Waals surface area (Å²) in [5, 5.41) is 15.6. The molecular formula is C18H22ClN5O2S. The van der Waals surface area contributed by atoms with Gasteiger partial charge in [-0.1, -0.05) is 29.0 Å². The molecule has 3 amide bonds. The van der Waals surface area contributed by atoms with E-state index in [1.54, 1.807) is 29.2 Å². The van der Waals surface area contributed by atoms with E-state index in [2.05, 4.69) is 20.8 Å². The van der Waals surface area contributed by atoms with Crippen molar-refractivity contribution in [2.24, 2.45) is 0 Å². The number of carbonyl (C=O) groups excluding carboxylic acids is 2. The first-order chi connectivity index (χ1) is 12.9. The molecule has 7 nitrogen and oxygen atoms in total. The fraction of sp³-hybridized carbons (Fsp3) is 0.444. The van der Waals surface area contributed by atoms with Gasteiger partial charge in [0.2, 0.25) is 5.01 Å². The number of piperidine rings is 1. The van der Waals surface area contributed by atoms with Crippen LogP contribution < -0.4 is 10.6 Å². The Bertz CT molecular complexity index is 826. The molecule has 0 bridgehead atoms. The van der Waals surface area contributed by atoms with E-state index in [1.807, 2.05) is 13.8 Å². The molecule has 3 rings (SSSR count). The Morgan fingerprint density at radius 2 is 2.15 bits per heavy atom. The number of halogens is 1. The van der Waals surface area contributed by atoms with E-state index in [-0.39, 0.29) is 23.9 Å². The quantitative estimate of drug-likeness (QED) is 0.808. The van der Waals surface area contributed by atoms with Gasteiger partial charge in [0.1, 0.15) is 5.01 Å². The molecule has 9 heteroatoms. The topological polar surface area (TPSA) is 87.2 Å². The molecule has 1 fully saturated rings. The second-order valence-electron chi connectivity index (χ2n) is 6.80. The lowest BCUT2D eigenvalue weighted by atomic mass is 9.99. The standard InChI is InChI=1S/C18H22ClN5O2S/c1-11(2)20-18(26)24-8-4-5-12(10-24)16-22-23-17(27-16)15(25)21-14-7-3-6-13(19)9-14/h3,6-7,9,11-12H,4-5,8,10H2,1-2H3,(H,20,26)(H,21,25)/t12-/m0/s1. The summed E-state index contributed by atoms with van der Waals surface area (Å²) in [5.74, 6) is -0.215. The van der Waals surface area contributed by atoms with Gasteiger partial charge in [-0.2, -0.15) is 0 Å². The third-order valence-electron chi connectivity index (χ3n) is 4.19. The van der Waals surface area contributed by atoms with Crippen molar-refractivity contribution in [1.29, 1.82) is 0 Å². The number of anilines is 1. The van der Waals surface area contributed by atoms with Crippen LogP contribution in [0.4, 0.5) is 10.5 Å². The van der Waals surface area contributed by atoms with E-state index in [4.69, 9.17) is 11.6 Å². The number of rotatable bonds is 4. The maximum atomic E-state index is 12.4. The Hall–Kier alpha value is -2.19. The van der Waals surface area contributed by atoms with Crippen molar-refractivity contribution >= 4 is 40.6 Å². The first-order valence-corrected chi connectivity index (χ1v) is 10.1. The van der Waals surface area contributed by atoms with Gasteiger partial charge in [-0.3, -0.25) is 4.79 Å². The number of hydrogen-bond acceptors (Lipinski definition) is 5. The summed E-state index contributed by atoms with van der Waals surface area (Å²) in [6, 6.07) is 6.98. The van der Waals surface area contributed by atoms with Gasteiger partial charge in [0.25, 0.3) is 5.91 Å². The van der Waals surface area contributed by atoms with Gasteiger partial charge in [0.05, 0.1) is 0 Å². The van der Waals surface area contributed by atoms with Crippen molar-refractivity contribution in [3.05, 3.63) is 39.3 Å². The lowest BCUT2D eigenvalue weighted by Gasteiger charge is -2.32. The third kappa shape index (κ3) is 5.17. The molecule has 2 heterocycles. The van der Waals surface area contributed by atoms with E-state index in [1.165, 1.54) is 11.3 Å². The Morgan fingerprint density at radius 3 is 2.89 bits per heavy atom. The summed E-state index contributed by atoms with van der Waals surface area (Å²) < 4.78 is 0. The fourth-order valence-electron chi connectivity index (χ4n) is 2.94. The average molecular weight is 408 g/mol. The molecule has 1 aromatic carbocycles. The molecule has 0 radical (unpaired) electrons. The van der Waals surface area contributed by atoms with Gasteiger partial charge < -0.3 is 15.5 Å². The molecule has 0 aliphatic carbocycles. The molecule has 1 aromatic heterocycles. The van der Waals surface area contributed by atoms with Crippen LogP contribution in [-0.4, -0.2) is 46.2 Å². The van der Waals surface area contributed by atoms with Gasteiger partial charge in [-0.05, 0) is 44.9 Å². The zero-order valence-electron chi connectivity index (χ0n) is 15.2. The molecule has 2 N–H and O–H groups in total. The van der Waals surface area contributed by atoms with Crippen LogP contribution in [0.15, 0.2) is 24.3 Å². The lowest BCUT2D eigenvalue weighted by molar-refractivity contribution is 0.102. The molecule has 0 saturated carbocycles. The third-order valence-corrected chi connectivity index (χ3v) is 5.51. The van der Waals surface area contributed by atoms with Gasteiger partial charge >= 0.3 is 6.03 Å². The van der Waals surface area contributed by atoms with Crippen molar-refractivity contribution in [1.82, 2.24) is 20.4 Å². The normalized spacial score (nSPS) is 17.0. The Morgan fingerprint density at radius 1 is 1.33 bits per heavy atom. The number of nitrogens with zero attached hydrogens (tertiary/aromatic N) is 3. The number of urea groups is 1. The number of amides is 3. The second-order valence-corrected chi connectivity index (χ2v) is 8.24. The van der Waals surface area contributed by atoms with Gasteiger partial charge in [-0.25, -0.2) is 4.79 Å². The number of aromatic nitrogens is 2. The highest BCUT2D eigenvalue weighted by Gasteiger charge is 2.28. The van der Waals surface area contributed by atoms with Crippen LogP contribution in [0.5, 0.6) is 0 Å². The molecular weight excluding hydrogens is 386 g/mol. The van der Waals surface area contributed by atoms with E-state index in [0.717, 1.165) is 24.4 Å². The number of nitrogens with one attached hydrogen (secondary N) is 2. The zero-order valence-corrected chi connectivity index (χ0v) is 16.8. The average Bonchev–Trinajstić information content (AvgIpc) is 3.11. The van der Waals surface area contributed by atoms with Crippen LogP contribution >= 0.6 is 22.9 Å². The first-order valence-electron chi connectivity index (χ1n) is 8.88. The van der Waals surface area contributed by atoms with E-state index in [9.17, 15) is 9.59 Å². The molecule has 1 aliphatic rings. The predicted octanol–water partition coefficient (Wildman–Crippen LogP) is 3.74. The number of benzene rings is 1. The summed E-state index contributed by atoms with van der Waals surface area (Å²) in [6.45, 7) is 5.20. The first kappa shape index (κ1) is 19.6. The maximum absolute atomic E-state index is 12.4. The van der Waals surface area contributed by atoms with Crippen LogP contribution in [0.1, 0.15) is 47.4 Å². The van der Waals surface area contributed by atoms with Crippen LogP contribution in [0.3, 0.4) is 0 Å². The SMILES string of the molecule is CC(C)NC(=O)N1CCC[C@H](c2nnc(C(=O)Nc3cccc(Cl)c3)s2)C1. The summed E-state index contributed by atoms with van der Waals surface area (Å²) in [7, 11) is 0. The summed E-state index contributed by atoms with van der Waals surface area (Å²) in [4.78, 5) is 26.4. The molecule has 0 spiro atoms. The lowest BCUT2D eigenvalue weighted by Crippen LogP contribution is -2.46. The van der Waals surface area contributed by atoms with Crippen molar-refractivity contribution in [3.8, 4) is 0 Å². The van der Waals surface area contributed by atoms with Crippen molar-refractivity contribution in [3.63, 3.8) is 0 Å². The molecule has 2 aromatic rings. The molecule has 1 atom stereocenters. The van der Waals surface area contributed by atoms with E-state index in [0.29, 0.717) is 22.3 Å². The van der Waals surface area contributed by atoms with Crippen LogP contribution in [0.2, 0.25) is 5.02 Å². The van der Waals surface area contributed by atoms with Gasteiger partial charge in [0, 0.05) is 35.8 Å². The molecule has 1 aliphatic heterocycles. The molecule has 144 valence electrons. The largest absolute Gasteiger partial charge is 0.336 e. The predicted molar refractivity (Wildman–Crippen MR) is 107 cm³/mol. The molecule has 27 heavy (non-hydrogen) atoms. The summed E-state index contributed by atoms with van der Waals surface area (Å²) in [5.41, 5.74) is 0.610. The highest BCUT2D eigenvalue weighted by atomic mass is 35.5. The number of carbonyl (C=O) groups is 2. The molecule has 0 unspecified atom stereocenters. The minimum Gasteiger partial charge on any atom is -0.336 e. The minimum absolute atomic E-state index is 0.0573. The maximum Gasteiger partial charge on any atom is 0.317 e. The number of hydrogen-bond donors (Lipinski definition) is 2. The Kier molecular flexibility index (Phi) is 6.28.